The van der Waals surface area contributed by atoms with Crippen LogP contribution in [0, 0.1) is 0 Å². The molecular formula is C12H13ClN2O. The summed E-state index contributed by atoms with van der Waals surface area (Å²) < 4.78 is 5.03. The van der Waals surface area contributed by atoms with Gasteiger partial charge in [-0.15, -0.1) is 11.6 Å². The molecule has 2 heterocycles. The molecule has 0 amide bonds. The van der Waals surface area contributed by atoms with Crippen molar-refractivity contribution < 1.29 is 4.42 Å². The molecule has 4 heteroatoms. The molecule has 0 unspecified atom stereocenters. The Hall–Kier alpha value is -1.48. The molecule has 3 nitrogen and oxygen atoms in total. The van der Waals surface area contributed by atoms with Crippen molar-refractivity contribution in [3.63, 3.8) is 0 Å². The number of anilines is 1. The maximum Gasteiger partial charge on any atom is 0.128 e. The fourth-order valence-corrected chi connectivity index (χ4v) is 1.64. The first-order valence-electron chi connectivity index (χ1n) is 5.03. The van der Waals surface area contributed by atoms with E-state index in [4.69, 9.17) is 16.0 Å². The van der Waals surface area contributed by atoms with E-state index in [1.165, 1.54) is 0 Å². The van der Waals surface area contributed by atoms with Crippen LogP contribution in [0.25, 0.3) is 0 Å². The summed E-state index contributed by atoms with van der Waals surface area (Å²) in [5, 5.41) is 0. The highest BCUT2D eigenvalue weighted by molar-refractivity contribution is 6.16. The average Bonchev–Trinajstić information content (AvgIpc) is 2.82. The summed E-state index contributed by atoms with van der Waals surface area (Å²) in [5.74, 6) is 1.35. The molecule has 0 atom stereocenters. The van der Waals surface area contributed by atoms with Gasteiger partial charge in [0.2, 0.25) is 0 Å². The van der Waals surface area contributed by atoms with Gasteiger partial charge in [-0.3, -0.25) is 0 Å². The van der Waals surface area contributed by atoms with Gasteiger partial charge >= 0.3 is 0 Å². The number of furan rings is 1. The van der Waals surface area contributed by atoms with E-state index < -0.39 is 0 Å². The molecule has 0 aliphatic rings. The van der Waals surface area contributed by atoms with E-state index in [-0.39, 0.29) is 0 Å². The smallest absolute Gasteiger partial charge is 0.128 e. The summed E-state index contributed by atoms with van der Waals surface area (Å²) >= 11 is 5.75. The van der Waals surface area contributed by atoms with Crippen molar-refractivity contribution in [2.75, 3.05) is 11.9 Å². The Morgan fingerprint density at radius 3 is 2.94 bits per heavy atom. The summed E-state index contributed by atoms with van der Waals surface area (Å²) in [6, 6.07) is 7.80. The summed E-state index contributed by atoms with van der Waals surface area (Å²) in [5.41, 5.74) is 2.01. The lowest BCUT2D eigenvalue weighted by atomic mass is 10.3. The monoisotopic (exact) mass is 236 g/mol. The maximum absolute atomic E-state index is 5.75. The number of aromatic nitrogens is 1. The van der Waals surface area contributed by atoms with E-state index in [0.717, 1.165) is 23.6 Å². The second-order valence-electron chi connectivity index (χ2n) is 3.61. The van der Waals surface area contributed by atoms with E-state index in [1.54, 1.807) is 12.5 Å². The molecule has 0 aliphatic carbocycles. The zero-order valence-corrected chi connectivity index (χ0v) is 9.81. The Morgan fingerprint density at radius 2 is 2.25 bits per heavy atom. The lowest BCUT2D eigenvalue weighted by molar-refractivity contribution is 0.563. The zero-order valence-electron chi connectivity index (χ0n) is 9.06. The lowest BCUT2D eigenvalue weighted by Gasteiger charge is -2.17. The van der Waals surface area contributed by atoms with Crippen molar-refractivity contribution in [2.45, 2.75) is 12.4 Å². The van der Waals surface area contributed by atoms with Crippen molar-refractivity contribution >= 4 is 17.4 Å². The molecule has 0 aromatic carbocycles. The van der Waals surface area contributed by atoms with Crippen LogP contribution in [0.2, 0.25) is 0 Å². The number of pyridine rings is 1. The molecule has 0 saturated heterocycles. The van der Waals surface area contributed by atoms with Crippen molar-refractivity contribution in [1.29, 1.82) is 0 Å². The topological polar surface area (TPSA) is 29.3 Å². The van der Waals surface area contributed by atoms with Gasteiger partial charge in [-0.2, -0.15) is 0 Å². The van der Waals surface area contributed by atoms with Crippen LogP contribution in [0.3, 0.4) is 0 Å². The highest BCUT2D eigenvalue weighted by atomic mass is 35.5. The highest BCUT2D eigenvalue weighted by Crippen LogP contribution is 2.14. The minimum absolute atomic E-state index is 0.438. The van der Waals surface area contributed by atoms with E-state index in [1.807, 2.05) is 31.3 Å². The van der Waals surface area contributed by atoms with Crippen molar-refractivity contribution in [3.05, 3.63) is 48.0 Å². The predicted octanol–water partition coefficient (Wildman–Crippen LogP) is 3.05. The molecule has 0 aliphatic heterocycles. The highest BCUT2D eigenvalue weighted by Gasteiger charge is 2.04. The second-order valence-corrected chi connectivity index (χ2v) is 3.88. The van der Waals surface area contributed by atoms with Crippen LogP contribution in [0.15, 0.2) is 41.2 Å². The molecule has 84 valence electrons. The van der Waals surface area contributed by atoms with Gasteiger partial charge in [-0.1, -0.05) is 6.07 Å². The summed E-state index contributed by atoms with van der Waals surface area (Å²) in [4.78, 5) is 6.49. The first-order valence-corrected chi connectivity index (χ1v) is 5.57. The third kappa shape index (κ3) is 2.55. The Kier molecular flexibility index (Phi) is 3.47. The number of hydrogen-bond acceptors (Lipinski definition) is 3. The second kappa shape index (κ2) is 5.03. The SMILES string of the molecule is CN(Cc1ccoc1)c1cccc(CCl)n1. The van der Waals surface area contributed by atoms with E-state index in [0.29, 0.717) is 5.88 Å². The Bertz CT molecular complexity index is 442. The van der Waals surface area contributed by atoms with Crippen molar-refractivity contribution in [2.24, 2.45) is 0 Å². The minimum atomic E-state index is 0.438. The average molecular weight is 237 g/mol. The van der Waals surface area contributed by atoms with E-state index >= 15 is 0 Å². The number of nitrogens with zero attached hydrogens (tertiary/aromatic N) is 2. The normalized spacial score (nSPS) is 10.4. The van der Waals surface area contributed by atoms with Crippen LogP contribution in [-0.2, 0) is 12.4 Å². The first kappa shape index (κ1) is 11.0. The quantitative estimate of drug-likeness (QED) is 0.765. The standard InChI is InChI=1S/C12H13ClN2O/c1-15(8-10-5-6-16-9-10)12-4-2-3-11(7-13)14-12/h2-6,9H,7-8H2,1H3. The molecule has 0 spiro atoms. The van der Waals surface area contributed by atoms with Gasteiger partial charge in [0, 0.05) is 19.2 Å². The van der Waals surface area contributed by atoms with Crippen LogP contribution in [0.5, 0.6) is 0 Å². The summed E-state index contributed by atoms with van der Waals surface area (Å²) in [6.45, 7) is 0.773. The molecular weight excluding hydrogens is 224 g/mol. The van der Waals surface area contributed by atoms with Crippen LogP contribution in [0.1, 0.15) is 11.3 Å². The molecule has 2 aromatic heterocycles. The van der Waals surface area contributed by atoms with Gasteiger partial charge in [-0.05, 0) is 18.2 Å². The van der Waals surface area contributed by atoms with Gasteiger partial charge in [0.25, 0.3) is 0 Å². The summed E-state index contributed by atoms with van der Waals surface area (Å²) in [6.07, 6.45) is 3.41. The predicted molar refractivity (Wildman–Crippen MR) is 64.6 cm³/mol. The Morgan fingerprint density at radius 1 is 1.38 bits per heavy atom. The number of halogens is 1. The molecule has 2 aromatic rings. The van der Waals surface area contributed by atoms with E-state index in [9.17, 15) is 0 Å². The van der Waals surface area contributed by atoms with Crippen molar-refractivity contribution in [1.82, 2.24) is 4.98 Å². The van der Waals surface area contributed by atoms with Gasteiger partial charge in [-0.25, -0.2) is 4.98 Å². The molecule has 0 N–H and O–H groups in total. The molecule has 0 fully saturated rings. The molecule has 0 radical (unpaired) electrons. The van der Waals surface area contributed by atoms with Crippen molar-refractivity contribution in [3.8, 4) is 0 Å². The molecule has 0 saturated carbocycles. The largest absolute Gasteiger partial charge is 0.472 e. The Balaban J connectivity index is 2.11. The number of rotatable bonds is 4. The molecule has 16 heavy (non-hydrogen) atoms. The van der Waals surface area contributed by atoms with E-state index in [2.05, 4.69) is 9.88 Å². The number of hydrogen-bond donors (Lipinski definition) is 0. The lowest BCUT2D eigenvalue weighted by Crippen LogP contribution is -2.17. The molecule has 2 rings (SSSR count). The van der Waals surface area contributed by atoms with Crippen LogP contribution in [0.4, 0.5) is 5.82 Å². The van der Waals surface area contributed by atoms with Gasteiger partial charge in [0.15, 0.2) is 0 Å². The zero-order chi connectivity index (χ0) is 11.4. The summed E-state index contributed by atoms with van der Waals surface area (Å²) in [7, 11) is 1.99. The Labute approximate surface area is 99.7 Å². The fraction of sp³-hybridized carbons (Fsp3) is 0.250. The van der Waals surface area contributed by atoms with Gasteiger partial charge in [0.1, 0.15) is 5.82 Å². The minimum Gasteiger partial charge on any atom is -0.472 e. The number of alkyl halides is 1. The first-order chi connectivity index (χ1) is 7.79. The fourth-order valence-electron chi connectivity index (χ4n) is 1.49. The van der Waals surface area contributed by atoms with Crippen LogP contribution < -0.4 is 4.90 Å². The maximum atomic E-state index is 5.75. The van der Waals surface area contributed by atoms with Gasteiger partial charge < -0.3 is 9.32 Å². The molecule has 0 bridgehead atoms. The van der Waals surface area contributed by atoms with Crippen LogP contribution >= 0.6 is 11.6 Å². The third-order valence-electron chi connectivity index (χ3n) is 2.32. The third-order valence-corrected chi connectivity index (χ3v) is 2.59. The van der Waals surface area contributed by atoms with Crippen LogP contribution in [-0.4, -0.2) is 12.0 Å². The van der Waals surface area contributed by atoms with Gasteiger partial charge in [0.05, 0.1) is 24.1 Å².